The second-order valence-corrected chi connectivity index (χ2v) is 13.1. The minimum atomic E-state index is -1.44. The number of methoxy groups -OCH3 is 1. The maximum atomic E-state index is 13.3. The third-order valence-corrected chi connectivity index (χ3v) is 8.48. The van der Waals surface area contributed by atoms with Crippen molar-refractivity contribution in [3.8, 4) is 0 Å². The smallest absolute Gasteiger partial charge is 0.376 e. The number of hydrogen-bond donors (Lipinski definition) is 7. The van der Waals surface area contributed by atoms with Gasteiger partial charge in [-0.1, -0.05) is 85.0 Å². The van der Waals surface area contributed by atoms with Crippen molar-refractivity contribution in [1.82, 2.24) is 31.9 Å². The van der Waals surface area contributed by atoms with Crippen LogP contribution < -0.4 is 31.9 Å². The van der Waals surface area contributed by atoms with Crippen LogP contribution in [-0.4, -0.2) is 103 Å². The van der Waals surface area contributed by atoms with Gasteiger partial charge in [0.1, 0.15) is 24.2 Å². The summed E-state index contributed by atoms with van der Waals surface area (Å²) in [7, 11) is 1.04. The lowest BCUT2D eigenvalue weighted by atomic mass is 10.1. The fourth-order valence-electron chi connectivity index (χ4n) is 5.18. The summed E-state index contributed by atoms with van der Waals surface area (Å²) in [5.74, 6) is -5.35. The predicted molar refractivity (Wildman–Crippen MR) is 194 cm³/mol. The molecular weight excluding hydrogens is 660 g/mol. The van der Waals surface area contributed by atoms with Crippen molar-refractivity contribution >= 4 is 41.3 Å². The summed E-state index contributed by atoms with van der Waals surface area (Å²) in [5, 5.41) is 26.2. The molecule has 0 radical (unpaired) electrons. The third-order valence-electron chi connectivity index (χ3n) is 8.48. The first-order chi connectivity index (χ1) is 24.2. The first kappa shape index (κ1) is 47.4. The third kappa shape index (κ3) is 20.8. The highest BCUT2D eigenvalue weighted by Gasteiger charge is 2.32. The summed E-state index contributed by atoms with van der Waals surface area (Å²) in [6, 6.07) is -5.85. The molecule has 0 aromatic heterocycles. The van der Waals surface area contributed by atoms with E-state index in [1.54, 1.807) is 6.92 Å². The van der Waals surface area contributed by atoms with Gasteiger partial charge in [-0.25, -0.2) is 4.79 Å². The molecule has 0 bridgehead atoms. The van der Waals surface area contributed by atoms with Gasteiger partial charge in [0.15, 0.2) is 0 Å². The summed E-state index contributed by atoms with van der Waals surface area (Å²) in [5.41, 5.74) is 0. The van der Waals surface area contributed by atoms with Crippen molar-refractivity contribution in [3.05, 3.63) is 0 Å². The van der Waals surface area contributed by atoms with Gasteiger partial charge in [0.05, 0.1) is 19.3 Å². The summed E-state index contributed by atoms with van der Waals surface area (Å²) in [6.45, 7) is 11.1. The van der Waals surface area contributed by atoms with Gasteiger partial charge in [0, 0.05) is 13.0 Å². The van der Waals surface area contributed by atoms with Crippen LogP contribution in [0, 0.1) is 0 Å². The Bertz CT molecular complexity index is 1090. The number of unbranched alkanes of at least 4 members (excludes halogenated alkanes) is 9. The number of ether oxygens (including phenoxy) is 1. The molecule has 7 N–H and O–H groups in total. The minimum absolute atomic E-state index is 0.129. The number of amides is 5. The highest BCUT2D eigenvalue weighted by molar-refractivity contribution is 6.35. The molecule has 0 rings (SSSR count). The number of esters is 1. The molecule has 0 saturated heterocycles. The molecule has 15 nitrogen and oxygen atoms in total. The molecule has 0 aromatic rings. The molecule has 0 aliphatic rings. The Kier molecular flexibility index (Phi) is 26.1. The Balaban J connectivity index is 5.11. The molecule has 0 aliphatic carbocycles. The van der Waals surface area contributed by atoms with Gasteiger partial charge in [-0.05, 0) is 46.6 Å². The van der Waals surface area contributed by atoms with Crippen LogP contribution in [0.5, 0.6) is 0 Å². The summed E-state index contributed by atoms with van der Waals surface area (Å²) in [4.78, 5) is 88.2. The van der Waals surface area contributed by atoms with E-state index in [1.165, 1.54) is 59.3 Å². The van der Waals surface area contributed by atoms with Gasteiger partial charge in [0.25, 0.3) is 5.78 Å². The number of nitrogens with one attached hydrogen (secondary N) is 6. The van der Waals surface area contributed by atoms with E-state index in [0.29, 0.717) is 19.4 Å². The molecule has 0 aliphatic heterocycles. The molecule has 51 heavy (non-hydrogen) atoms. The number of carbonyl (C=O) groups is 7. The van der Waals surface area contributed by atoms with Crippen molar-refractivity contribution in [2.75, 3.05) is 20.2 Å². The lowest BCUT2D eigenvalue weighted by Gasteiger charge is -2.26. The van der Waals surface area contributed by atoms with Crippen LogP contribution in [0.3, 0.4) is 0 Å². The Hall–Kier alpha value is -3.59. The van der Waals surface area contributed by atoms with Gasteiger partial charge in [-0.15, -0.1) is 0 Å². The van der Waals surface area contributed by atoms with Crippen LogP contribution >= 0.6 is 0 Å². The van der Waals surface area contributed by atoms with E-state index >= 15 is 0 Å². The van der Waals surface area contributed by atoms with Gasteiger partial charge in [0.2, 0.25) is 29.5 Å². The lowest BCUT2D eigenvalue weighted by Crippen LogP contribution is -2.60. The van der Waals surface area contributed by atoms with Crippen LogP contribution in [0.1, 0.15) is 131 Å². The van der Waals surface area contributed by atoms with Crippen LogP contribution in [0.2, 0.25) is 0 Å². The second-order valence-electron chi connectivity index (χ2n) is 13.1. The number of aliphatic hydroxyl groups is 1. The highest BCUT2D eigenvalue weighted by atomic mass is 16.5. The zero-order valence-electron chi connectivity index (χ0n) is 32.0. The molecule has 294 valence electrons. The van der Waals surface area contributed by atoms with Gasteiger partial charge >= 0.3 is 5.97 Å². The Morgan fingerprint density at radius 2 is 1.14 bits per heavy atom. The van der Waals surface area contributed by atoms with Gasteiger partial charge < -0.3 is 41.7 Å². The Morgan fingerprint density at radius 3 is 1.71 bits per heavy atom. The summed E-state index contributed by atoms with van der Waals surface area (Å²) >= 11 is 0. The first-order valence-electron chi connectivity index (χ1n) is 18.8. The first-order valence-corrected chi connectivity index (χ1v) is 18.8. The molecule has 0 spiro atoms. The van der Waals surface area contributed by atoms with Crippen molar-refractivity contribution in [3.63, 3.8) is 0 Å². The van der Waals surface area contributed by atoms with E-state index in [2.05, 4.69) is 43.6 Å². The molecule has 0 aromatic carbocycles. The van der Waals surface area contributed by atoms with Crippen LogP contribution in [-0.2, 0) is 38.3 Å². The standard InChI is InChI=1S/C36H66N6O9/c1-8-11-13-14-15-16-17-19-22-37-23-21-29(44)40-28(20-18-12-9-2)34(48)42-30(26(6)43)35(49)39-25(5)32(46)41-27(10-3)33(47)38-24(4)31(45)36(50)51-7/h24-28,30,37,43H,8-23H2,1-7H3,(H,38,47)(H,39,49)(H,40,44)(H,41,46)(H,42,48)/t24-,25-,26+,27-,28-,30-/m0/s1. The lowest BCUT2D eigenvalue weighted by molar-refractivity contribution is -0.152. The quantitative estimate of drug-likeness (QED) is 0.0336. The molecule has 0 unspecified atom stereocenters. The maximum Gasteiger partial charge on any atom is 0.376 e. The zero-order chi connectivity index (χ0) is 38.8. The number of carbonyl (C=O) groups excluding carboxylic acids is 7. The molecular formula is C36H66N6O9. The average molecular weight is 727 g/mol. The SMILES string of the molecule is CCCCCCCCCCNCCC(=O)N[C@@H](CCCCC)C(=O)N[C@H](C(=O)N[C@@H](C)C(=O)N[C@@H](CC)C(=O)N[C@@H](C)C(=O)C(=O)OC)[C@@H](C)O. The number of rotatable bonds is 29. The minimum Gasteiger partial charge on any atom is -0.463 e. The number of Topliss-reactive ketones (excluding diaryl/α,β-unsaturated/α-hetero) is 1. The summed E-state index contributed by atoms with van der Waals surface area (Å²) < 4.78 is 4.37. The number of ketones is 1. The average Bonchev–Trinajstić information content (AvgIpc) is 3.09. The normalized spacial score (nSPS) is 14.5. The van der Waals surface area contributed by atoms with Crippen molar-refractivity contribution in [2.45, 2.75) is 168 Å². The van der Waals surface area contributed by atoms with E-state index < -0.39 is 71.7 Å². The number of hydrogen-bond acceptors (Lipinski definition) is 10. The second kappa shape index (κ2) is 28.1. The molecule has 15 heteroatoms. The maximum absolute atomic E-state index is 13.3. The summed E-state index contributed by atoms with van der Waals surface area (Å²) in [6.07, 6.45) is 11.4. The van der Waals surface area contributed by atoms with Crippen molar-refractivity contribution in [1.29, 1.82) is 0 Å². The van der Waals surface area contributed by atoms with E-state index in [4.69, 9.17) is 0 Å². The highest BCUT2D eigenvalue weighted by Crippen LogP contribution is 2.09. The molecule has 6 atom stereocenters. The van der Waals surface area contributed by atoms with Crippen LogP contribution in [0.25, 0.3) is 0 Å². The molecule has 0 fully saturated rings. The number of aliphatic hydroxyl groups excluding tert-OH is 1. The Labute approximate surface area is 304 Å². The fraction of sp³-hybridized carbons (Fsp3) is 0.806. The van der Waals surface area contributed by atoms with Crippen LogP contribution in [0.4, 0.5) is 0 Å². The molecule has 0 saturated carbocycles. The van der Waals surface area contributed by atoms with Crippen molar-refractivity contribution in [2.24, 2.45) is 0 Å². The van der Waals surface area contributed by atoms with E-state index in [-0.39, 0.29) is 18.7 Å². The molecule has 5 amide bonds. The zero-order valence-corrected chi connectivity index (χ0v) is 32.0. The predicted octanol–water partition coefficient (Wildman–Crippen LogP) is 1.68. The molecule has 0 heterocycles. The topological polar surface area (TPSA) is 221 Å². The fourth-order valence-corrected chi connectivity index (χ4v) is 5.18. The van der Waals surface area contributed by atoms with Crippen LogP contribution in [0.15, 0.2) is 0 Å². The van der Waals surface area contributed by atoms with Gasteiger partial charge in [-0.3, -0.25) is 28.8 Å². The monoisotopic (exact) mass is 726 g/mol. The largest absolute Gasteiger partial charge is 0.463 e. The van der Waals surface area contributed by atoms with E-state index in [0.717, 1.165) is 39.3 Å². The van der Waals surface area contributed by atoms with Gasteiger partial charge in [-0.2, -0.15) is 0 Å². The van der Waals surface area contributed by atoms with E-state index in [1.807, 2.05) is 6.92 Å². The van der Waals surface area contributed by atoms with Crippen molar-refractivity contribution < 1.29 is 43.4 Å². The van der Waals surface area contributed by atoms with E-state index in [9.17, 15) is 38.7 Å². The Morgan fingerprint density at radius 1 is 0.588 bits per heavy atom.